The molecule has 0 bridgehead atoms. The van der Waals surface area contributed by atoms with Crippen LogP contribution >= 0.6 is 0 Å². The van der Waals surface area contributed by atoms with E-state index in [-0.39, 0.29) is 5.91 Å². The number of fused-ring (bicyclic) bond motifs is 1. The highest BCUT2D eigenvalue weighted by atomic mass is 16.2. The first-order valence-corrected chi connectivity index (χ1v) is 5.90. The van der Waals surface area contributed by atoms with Gasteiger partial charge in [-0.15, -0.1) is 0 Å². The maximum atomic E-state index is 12.1. The molecule has 0 aliphatic carbocycles. The van der Waals surface area contributed by atoms with Gasteiger partial charge in [0.15, 0.2) is 0 Å². The van der Waals surface area contributed by atoms with Crippen LogP contribution in [0.15, 0.2) is 24.3 Å². The summed E-state index contributed by atoms with van der Waals surface area (Å²) in [6.07, 6.45) is 2.67. The van der Waals surface area contributed by atoms with E-state index >= 15 is 0 Å². The van der Waals surface area contributed by atoms with Crippen molar-refractivity contribution < 1.29 is 9.59 Å². The van der Waals surface area contributed by atoms with E-state index in [0.29, 0.717) is 18.9 Å². The lowest BCUT2D eigenvalue weighted by Crippen LogP contribution is -2.37. The minimum absolute atomic E-state index is 0.0467. The van der Waals surface area contributed by atoms with Crippen LogP contribution in [0.4, 0.5) is 0 Å². The monoisotopic (exact) mass is 230 g/mol. The molecule has 0 fully saturated rings. The van der Waals surface area contributed by atoms with Crippen LogP contribution in [0.25, 0.3) is 0 Å². The fourth-order valence-electron chi connectivity index (χ4n) is 2.21. The van der Waals surface area contributed by atoms with Gasteiger partial charge in [0, 0.05) is 12.1 Å². The molecule has 0 spiro atoms. The predicted molar refractivity (Wildman–Crippen MR) is 65.3 cm³/mol. The van der Waals surface area contributed by atoms with E-state index in [9.17, 15) is 9.59 Å². The van der Waals surface area contributed by atoms with Gasteiger partial charge >= 0.3 is 0 Å². The molecule has 0 aromatic heterocycles. The Labute approximate surface area is 101 Å². The second-order valence-corrected chi connectivity index (χ2v) is 4.85. The van der Waals surface area contributed by atoms with E-state index in [1.807, 2.05) is 44.4 Å². The quantitative estimate of drug-likeness (QED) is 0.795. The molecule has 3 heteroatoms. The molecular formula is C14H16NO2. The molecule has 1 atom stereocenters. The average molecular weight is 230 g/mol. The number of nitrogens with zero attached hydrogens (tertiary/aromatic N) is 1. The van der Waals surface area contributed by atoms with E-state index in [2.05, 4.69) is 0 Å². The molecule has 1 aliphatic heterocycles. The fraction of sp³-hybridized carbons (Fsp3) is 0.429. The Kier molecular flexibility index (Phi) is 3.27. The first-order valence-electron chi connectivity index (χ1n) is 5.90. The molecule has 1 aromatic rings. The number of hydrogen-bond acceptors (Lipinski definition) is 2. The Morgan fingerprint density at radius 2 is 2.06 bits per heavy atom. The Hall–Kier alpha value is -1.64. The van der Waals surface area contributed by atoms with Crippen molar-refractivity contribution >= 4 is 12.2 Å². The van der Waals surface area contributed by atoms with Crippen LogP contribution in [0.2, 0.25) is 0 Å². The predicted octanol–water partition coefficient (Wildman–Crippen LogP) is 2.17. The van der Waals surface area contributed by atoms with Crippen LogP contribution in [0, 0.1) is 5.92 Å². The van der Waals surface area contributed by atoms with Crippen molar-refractivity contribution in [2.24, 2.45) is 5.92 Å². The van der Waals surface area contributed by atoms with Gasteiger partial charge in [0.2, 0.25) is 6.29 Å². The molecule has 1 aliphatic rings. The molecule has 0 N–H and O–H groups in total. The van der Waals surface area contributed by atoms with Gasteiger partial charge in [-0.3, -0.25) is 9.59 Å². The first kappa shape index (κ1) is 11.8. The molecule has 3 nitrogen and oxygen atoms in total. The van der Waals surface area contributed by atoms with Gasteiger partial charge in [0.1, 0.15) is 0 Å². The second-order valence-electron chi connectivity index (χ2n) is 4.85. The maximum Gasteiger partial charge on any atom is 0.255 e. The highest BCUT2D eigenvalue weighted by molar-refractivity contribution is 5.99. The van der Waals surface area contributed by atoms with E-state index in [4.69, 9.17) is 0 Å². The molecule has 1 radical (unpaired) electrons. The molecule has 0 saturated heterocycles. The molecule has 1 amide bonds. The molecule has 17 heavy (non-hydrogen) atoms. The van der Waals surface area contributed by atoms with Gasteiger partial charge in [-0.2, -0.15) is 0 Å². The van der Waals surface area contributed by atoms with Crippen molar-refractivity contribution in [3.05, 3.63) is 35.4 Å². The number of rotatable bonds is 4. The standard InChI is InChI=1S/C14H16NO2/c1-10(2)7-12(9-16)15-8-11-5-3-4-6-13(11)14(15)17/h3-6,10,12H,7-8H2,1-2H3/t12-/m0/s1. The minimum atomic E-state index is -0.421. The summed E-state index contributed by atoms with van der Waals surface area (Å²) in [6, 6.07) is 7.09. The zero-order valence-electron chi connectivity index (χ0n) is 10.1. The van der Waals surface area contributed by atoms with E-state index in [1.54, 1.807) is 4.90 Å². The molecule has 2 rings (SSSR count). The van der Waals surface area contributed by atoms with Crippen LogP contribution in [0.1, 0.15) is 36.2 Å². The first-order chi connectivity index (χ1) is 8.13. The third kappa shape index (κ3) is 2.23. The van der Waals surface area contributed by atoms with Crippen molar-refractivity contribution in [3.8, 4) is 0 Å². The van der Waals surface area contributed by atoms with Crippen molar-refractivity contribution in [1.29, 1.82) is 0 Å². The van der Waals surface area contributed by atoms with Crippen molar-refractivity contribution in [1.82, 2.24) is 4.90 Å². The zero-order valence-corrected chi connectivity index (χ0v) is 10.1. The molecule has 1 heterocycles. The van der Waals surface area contributed by atoms with Gasteiger partial charge in [-0.05, 0) is 24.0 Å². The van der Waals surface area contributed by atoms with Crippen molar-refractivity contribution in [3.63, 3.8) is 0 Å². The Bertz CT molecular complexity index is 440. The third-order valence-corrected chi connectivity index (χ3v) is 3.06. The summed E-state index contributed by atoms with van der Waals surface area (Å²) in [4.78, 5) is 24.8. The fourth-order valence-corrected chi connectivity index (χ4v) is 2.21. The summed E-state index contributed by atoms with van der Waals surface area (Å²) in [5, 5.41) is 0. The van der Waals surface area contributed by atoms with Crippen molar-refractivity contribution in [2.45, 2.75) is 32.9 Å². The lowest BCUT2D eigenvalue weighted by molar-refractivity contribution is 0.0733. The summed E-state index contributed by atoms with van der Waals surface area (Å²) in [7, 11) is 0. The minimum Gasteiger partial charge on any atom is -0.324 e. The average Bonchev–Trinajstić information content (AvgIpc) is 2.64. The van der Waals surface area contributed by atoms with E-state index < -0.39 is 6.04 Å². The number of carbonyl (C=O) groups is 1. The number of carbonyl (C=O) groups excluding carboxylic acids is 2. The van der Waals surface area contributed by atoms with Gasteiger partial charge in [-0.25, -0.2) is 0 Å². The summed E-state index contributed by atoms with van der Waals surface area (Å²) in [5.41, 5.74) is 1.72. The number of benzene rings is 1. The van der Waals surface area contributed by atoms with Crippen LogP contribution in [0.3, 0.4) is 0 Å². The highest BCUT2D eigenvalue weighted by Crippen LogP contribution is 2.25. The molecule has 0 saturated carbocycles. The number of amides is 1. The number of hydrogen-bond donors (Lipinski definition) is 0. The van der Waals surface area contributed by atoms with Gasteiger partial charge in [0.05, 0.1) is 6.04 Å². The van der Waals surface area contributed by atoms with Crippen LogP contribution in [-0.2, 0) is 11.3 Å². The maximum absolute atomic E-state index is 12.1. The van der Waals surface area contributed by atoms with Gasteiger partial charge in [0.25, 0.3) is 5.91 Å². The topological polar surface area (TPSA) is 37.4 Å². The Morgan fingerprint density at radius 1 is 1.35 bits per heavy atom. The third-order valence-electron chi connectivity index (χ3n) is 3.06. The summed E-state index contributed by atoms with van der Waals surface area (Å²) in [6.45, 7) is 4.61. The van der Waals surface area contributed by atoms with E-state index in [0.717, 1.165) is 11.1 Å². The van der Waals surface area contributed by atoms with Gasteiger partial charge < -0.3 is 4.90 Å². The molecule has 89 valence electrons. The van der Waals surface area contributed by atoms with Gasteiger partial charge in [-0.1, -0.05) is 32.0 Å². The lowest BCUT2D eigenvalue weighted by Gasteiger charge is -2.23. The Morgan fingerprint density at radius 3 is 2.65 bits per heavy atom. The van der Waals surface area contributed by atoms with Crippen LogP contribution in [-0.4, -0.2) is 23.1 Å². The van der Waals surface area contributed by atoms with Crippen LogP contribution < -0.4 is 0 Å². The normalized spacial score (nSPS) is 16.2. The summed E-state index contributed by atoms with van der Waals surface area (Å²) < 4.78 is 0. The zero-order chi connectivity index (χ0) is 12.4. The molecule has 0 unspecified atom stereocenters. The SMILES string of the molecule is CC(C)C[C@@H]([C]=O)N1Cc2ccccc2C1=O. The smallest absolute Gasteiger partial charge is 0.255 e. The van der Waals surface area contributed by atoms with Crippen LogP contribution in [0.5, 0.6) is 0 Å². The Balaban J connectivity index is 2.21. The lowest BCUT2D eigenvalue weighted by atomic mass is 10.0. The summed E-state index contributed by atoms with van der Waals surface area (Å²) >= 11 is 0. The summed E-state index contributed by atoms with van der Waals surface area (Å²) in [5.74, 6) is 0.326. The second kappa shape index (κ2) is 4.70. The van der Waals surface area contributed by atoms with E-state index in [1.165, 1.54) is 0 Å². The molecular weight excluding hydrogens is 214 g/mol. The van der Waals surface area contributed by atoms with Crippen molar-refractivity contribution in [2.75, 3.05) is 0 Å². The molecule has 1 aromatic carbocycles. The largest absolute Gasteiger partial charge is 0.324 e. The highest BCUT2D eigenvalue weighted by Gasteiger charge is 2.32.